The maximum Gasteiger partial charge on any atom is 0.319 e. The highest BCUT2D eigenvalue weighted by Crippen LogP contribution is 2.21. The van der Waals surface area contributed by atoms with Gasteiger partial charge in [-0.3, -0.25) is 4.79 Å². The topological polar surface area (TPSA) is 79.5 Å². The van der Waals surface area contributed by atoms with Gasteiger partial charge in [-0.2, -0.15) is 0 Å². The summed E-state index contributed by atoms with van der Waals surface area (Å²) in [4.78, 5) is 23.6. The van der Waals surface area contributed by atoms with Gasteiger partial charge < -0.3 is 20.7 Å². The molecule has 0 bridgehead atoms. The second-order valence-corrected chi connectivity index (χ2v) is 5.58. The molecule has 0 aliphatic carbocycles. The van der Waals surface area contributed by atoms with Gasteiger partial charge in [0.25, 0.3) is 5.91 Å². The lowest BCUT2D eigenvalue weighted by Crippen LogP contribution is -2.31. The van der Waals surface area contributed by atoms with Gasteiger partial charge in [-0.25, -0.2) is 4.79 Å². The van der Waals surface area contributed by atoms with Gasteiger partial charge in [0, 0.05) is 25.9 Å². The minimum absolute atomic E-state index is 0.227. The molecule has 0 heterocycles. The minimum Gasteiger partial charge on any atom is -0.383 e. The van der Waals surface area contributed by atoms with Crippen molar-refractivity contribution in [3.63, 3.8) is 0 Å². The molecule has 0 saturated carbocycles. The van der Waals surface area contributed by atoms with Crippen LogP contribution in [0.1, 0.15) is 24.2 Å². The summed E-state index contributed by atoms with van der Waals surface area (Å²) < 4.78 is 4.84. The Morgan fingerprint density at radius 3 is 2.59 bits per heavy atom. The molecule has 0 aromatic heterocycles. The van der Waals surface area contributed by atoms with Crippen LogP contribution in [0.15, 0.2) is 18.2 Å². The summed E-state index contributed by atoms with van der Waals surface area (Å²) >= 11 is 6.10. The molecule has 22 heavy (non-hydrogen) atoms. The Morgan fingerprint density at radius 1 is 1.27 bits per heavy atom. The van der Waals surface area contributed by atoms with E-state index in [0.29, 0.717) is 36.9 Å². The molecule has 1 aromatic rings. The van der Waals surface area contributed by atoms with Gasteiger partial charge in [-0.1, -0.05) is 25.4 Å². The van der Waals surface area contributed by atoms with Gasteiger partial charge in [0.2, 0.25) is 0 Å². The van der Waals surface area contributed by atoms with Crippen molar-refractivity contribution in [1.29, 1.82) is 0 Å². The third-order valence-corrected chi connectivity index (χ3v) is 3.05. The Hall–Kier alpha value is -1.79. The zero-order chi connectivity index (χ0) is 16.5. The Labute approximate surface area is 135 Å². The van der Waals surface area contributed by atoms with Gasteiger partial charge in [0.1, 0.15) is 0 Å². The van der Waals surface area contributed by atoms with Crippen molar-refractivity contribution < 1.29 is 14.3 Å². The van der Waals surface area contributed by atoms with Crippen LogP contribution in [0.3, 0.4) is 0 Å². The van der Waals surface area contributed by atoms with Crippen LogP contribution in [0.5, 0.6) is 0 Å². The number of methoxy groups -OCH3 is 1. The van der Waals surface area contributed by atoms with E-state index in [-0.39, 0.29) is 17.0 Å². The van der Waals surface area contributed by atoms with Crippen molar-refractivity contribution in [3.8, 4) is 0 Å². The van der Waals surface area contributed by atoms with Crippen molar-refractivity contribution in [1.82, 2.24) is 10.6 Å². The smallest absolute Gasteiger partial charge is 0.319 e. The lowest BCUT2D eigenvalue weighted by molar-refractivity contribution is 0.0949. The predicted molar refractivity (Wildman–Crippen MR) is 87.5 cm³/mol. The number of benzene rings is 1. The highest BCUT2D eigenvalue weighted by atomic mass is 35.5. The van der Waals surface area contributed by atoms with Crippen LogP contribution in [0.2, 0.25) is 5.02 Å². The number of urea groups is 1. The van der Waals surface area contributed by atoms with Crippen LogP contribution in [0.25, 0.3) is 0 Å². The Balaban J connectivity index is 2.61. The standard InChI is InChI=1S/C15H22ClN3O3/c1-10(2)9-18-14(20)12-5-4-11(8-13(12)16)19-15(21)17-6-7-22-3/h4-5,8,10H,6-7,9H2,1-3H3,(H,18,20)(H2,17,19,21). The van der Waals surface area contributed by atoms with E-state index >= 15 is 0 Å². The molecule has 0 saturated heterocycles. The first kappa shape index (κ1) is 18.3. The number of ether oxygens (including phenoxy) is 1. The highest BCUT2D eigenvalue weighted by molar-refractivity contribution is 6.34. The van der Waals surface area contributed by atoms with Crippen LogP contribution in [0, 0.1) is 5.92 Å². The van der Waals surface area contributed by atoms with Gasteiger partial charge in [0.15, 0.2) is 0 Å². The fourth-order valence-electron chi connectivity index (χ4n) is 1.61. The van der Waals surface area contributed by atoms with E-state index in [9.17, 15) is 9.59 Å². The van der Waals surface area contributed by atoms with E-state index in [1.165, 1.54) is 0 Å². The Kier molecular flexibility index (Phi) is 7.70. The number of amides is 3. The van der Waals surface area contributed by atoms with Crippen LogP contribution in [-0.2, 0) is 4.74 Å². The molecule has 6 nitrogen and oxygen atoms in total. The van der Waals surface area contributed by atoms with E-state index < -0.39 is 0 Å². The lowest BCUT2D eigenvalue weighted by atomic mass is 10.1. The second kappa shape index (κ2) is 9.27. The SMILES string of the molecule is COCCNC(=O)Nc1ccc(C(=O)NCC(C)C)c(Cl)c1. The number of nitrogens with one attached hydrogen (secondary N) is 3. The summed E-state index contributed by atoms with van der Waals surface area (Å²) in [7, 11) is 1.56. The van der Waals surface area contributed by atoms with E-state index in [1.54, 1.807) is 25.3 Å². The van der Waals surface area contributed by atoms with Gasteiger partial charge in [-0.05, 0) is 24.1 Å². The van der Waals surface area contributed by atoms with Crippen molar-refractivity contribution in [2.45, 2.75) is 13.8 Å². The molecule has 7 heteroatoms. The average molecular weight is 328 g/mol. The monoisotopic (exact) mass is 327 g/mol. The minimum atomic E-state index is -0.356. The fraction of sp³-hybridized carbons (Fsp3) is 0.467. The number of halogens is 1. The fourth-order valence-corrected chi connectivity index (χ4v) is 1.88. The van der Waals surface area contributed by atoms with Crippen molar-refractivity contribution in [3.05, 3.63) is 28.8 Å². The number of carbonyl (C=O) groups is 2. The average Bonchev–Trinajstić information content (AvgIpc) is 2.45. The van der Waals surface area contributed by atoms with Crippen molar-refractivity contribution >= 4 is 29.2 Å². The molecule has 0 atom stereocenters. The number of hydrogen-bond acceptors (Lipinski definition) is 3. The van der Waals surface area contributed by atoms with Crippen molar-refractivity contribution in [2.24, 2.45) is 5.92 Å². The van der Waals surface area contributed by atoms with Gasteiger partial charge >= 0.3 is 6.03 Å². The largest absolute Gasteiger partial charge is 0.383 e. The molecule has 0 radical (unpaired) electrons. The summed E-state index contributed by atoms with van der Waals surface area (Å²) in [6.07, 6.45) is 0. The maximum atomic E-state index is 12.0. The summed E-state index contributed by atoms with van der Waals surface area (Å²) in [5, 5.41) is 8.35. The third kappa shape index (κ3) is 6.32. The summed E-state index contributed by atoms with van der Waals surface area (Å²) in [5.74, 6) is 0.134. The molecule has 0 fully saturated rings. The first-order valence-electron chi connectivity index (χ1n) is 7.05. The van der Waals surface area contributed by atoms with Crippen LogP contribution < -0.4 is 16.0 Å². The lowest BCUT2D eigenvalue weighted by Gasteiger charge is -2.11. The number of carbonyl (C=O) groups excluding carboxylic acids is 2. The quantitative estimate of drug-likeness (QED) is 0.673. The molecule has 3 N–H and O–H groups in total. The second-order valence-electron chi connectivity index (χ2n) is 5.17. The zero-order valence-electron chi connectivity index (χ0n) is 13.0. The predicted octanol–water partition coefficient (Wildman–Crippen LogP) is 2.49. The number of hydrogen-bond donors (Lipinski definition) is 3. The van der Waals surface area contributed by atoms with Crippen LogP contribution >= 0.6 is 11.6 Å². The van der Waals surface area contributed by atoms with Gasteiger partial charge in [0.05, 0.1) is 17.2 Å². The summed E-state index contributed by atoms with van der Waals surface area (Å²) in [6, 6.07) is 4.40. The van der Waals surface area contributed by atoms with Crippen LogP contribution in [-0.4, -0.2) is 38.7 Å². The molecule has 122 valence electrons. The Bertz CT molecular complexity index is 521. The van der Waals surface area contributed by atoms with E-state index in [0.717, 1.165) is 0 Å². The molecule has 3 amide bonds. The maximum absolute atomic E-state index is 12.0. The molecule has 0 aliphatic rings. The molecule has 0 unspecified atom stereocenters. The van der Waals surface area contributed by atoms with Crippen LogP contribution in [0.4, 0.5) is 10.5 Å². The zero-order valence-corrected chi connectivity index (χ0v) is 13.8. The van der Waals surface area contributed by atoms with Crippen molar-refractivity contribution in [2.75, 3.05) is 32.1 Å². The third-order valence-electron chi connectivity index (χ3n) is 2.73. The molecule has 1 aromatic carbocycles. The molecule has 0 aliphatic heterocycles. The highest BCUT2D eigenvalue weighted by Gasteiger charge is 2.12. The first-order chi connectivity index (χ1) is 10.4. The number of anilines is 1. The molecular weight excluding hydrogens is 306 g/mol. The summed E-state index contributed by atoms with van der Waals surface area (Å²) in [5.41, 5.74) is 0.896. The molecule has 1 rings (SSSR count). The summed E-state index contributed by atoms with van der Waals surface area (Å²) in [6.45, 7) is 5.44. The first-order valence-corrected chi connectivity index (χ1v) is 7.43. The van der Waals surface area contributed by atoms with Gasteiger partial charge in [-0.15, -0.1) is 0 Å². The van der Waals surface area contributed by atoms with E-state index in [2.05, 4.69) is 16.0 Å². The normalized spacial score (nSPS) is 10.4. The molecule has 0 spiro atoms. The van der Waals surface area contributed by atoms with E-state index in [4.69, 9.17) is 16.3 Å². The number of rotatable bonds is 7. The Morgan fingerprint density at radius 2 is 2.00 bits per heavy atom. The molecular formula is C15H22ClN3O3. The van der Waals surface area contributed by atoms with E-state index in [1.807, 2.05) is 13.8 Å².